The lowest BCUT2D eigenvalue weighted by atomic mass is 9.86. The first-order chi connectivity index (χ1) is 15.3. The van der Waals surface area contributed by atoms with Crippen LogP contribution in [0, 0.1) is 5.41 Å². The lowest BCUT2D eigenvalue weighted by Crippen LogP contribution is -2.20. The number of nitrogens with zero attached hydrogens (tertiary/aromatic N) is 5. The van der Waals surface area contributed by atoms with Gasteiger partial charge in [-0.15, -0.1) is 0 Å². The Morgan fingerprint density at radius 2 is 2.09 bits per heavy atom. The second kappa shape index (κ2) is 7.89. The molecule has 2 aliphatic rings. The van der Waals surface area contributed by atoms with Crippen LogP contribution in [0.4, 0.5) is 5.82 Å². The molecule has 3 aromatic rings. The summed E-state index contributed by atoms with van der Waals surface area (Å²) in [4.78, 5) is 17.4. The van der Waals surface area contributed by atoms with Crippen LogP contribution < -0.4 is 5.32 Å². The smallest absolute Gasteiger partial charge is 0.252 e. The lowest BCUT2D eigenvalue weighted by molar-refractivity contribution is -0.113. The zero-order valence-electron chi connectivity index (χ0n) is 18.6. The number of fused-ring (bicyclic) bond motifs is 1. The van der Waals surface area contributed by atoms with Gasteiger partial charge in [0, 0.05) is 60.0 Å². The number of pyridine rings is 1. The number of allylic oxidation sites excluding steroid dienone is 1. The van der Waals surface area contributed by atoms with Gasteiger partial charge in [-0.25, -0.2) is 4.98 Å². The van der Waals surface area contributed by atoms with Crippen LogP contribution in [0.3, 0.4) is 0 Å². The van der Waals surface area contributed by atoms with Gasteiger partial charge in [-0.2, -0.15) is 10.2 Å². The van der Waals surface area contributed by atoms with Crippen molar-refractivity contribution in [3.05, 3.63) is 58.8 Å². The lowest BCUT2D eigenvalue weighted by Gasteiger charge is -2.22. The number of carbonyl (C=O) groups excluding carboxylic acids is 1. The van der Waals surface area contributed by atoms with E-state index in [0.29, 0.717) is 23.2 Å². The Morgan fingerprint density at radius 3 is 2.88 bits per heavy atom. The quantitative estimate of drug-likeness (QED) is 0.622. The summed E-state index contributed by atoms with van der Waals surface area (Å²) in [6.07, 6.45) is 10.8. The number of aromatic nitrogens is 5. The molecule has 0 aromatic carbocycles. The molecule has 0 unspecified atom stereocenters. The van der Waals surface area contributed by atoms with Gasteiger partial charge in [0.05, 0.1) is 11.2 Å². The maximum absolute atomic E-state index is 13.0. The predicted octanol–water partition coefficient (Wildman–Crippen LogP) is 4.75. The molecule has 0 radical (unpaired) electrons. The van der Waals surface area contributed by atoms with Crippen LogP contribution in [0.2, 0.25) is 5.02 Å². The van der Waals surface area contributed by atoms with E-state index >= 15 is 0 Å². The van der Waals surface area contributed by atoms with E-state index < -0.39 is 0 Å². The average Bonchev–Trinajstić information content (AvgIpc) is 3.43. The summed E-state index contributed by atoms with van der Waals surface area (Å²) in [6.45, 7) is 5.37. The van der Waals surface area contributed by atoms with Gasteiger partial charge >= 0.3 is 0 Å². The number of halogens is 1. The molecule has 3 aromatic heterocycles. The van der Waals surface area contributed by atoms with E-state index in [1.807, 2.05) is 36.1 Å². The molecule has 0 saturated carbocycles. The van der Waals surface area contributed by atoms with Gasteiger partial charge in [0.1, 0.15) is 5.82 Å². The molecule has 1 N–H and O–H groups in total. The number of anilines is 1. The number of nitrogens with one attached hydrogen (secondary N) is 1. The van der Waals surface area contributed by atoms with Crippen molar-refractivity contribution in [1.82, 2.24) is 24.5 Å². The fraction of sp³-hybridized carbons (Fsp3) is 0.417. The first kappa shape index (κ1) is 20.9. The van der Waals surface area contributed by atoms with Crippen molar-refractivity contribution in [3.8, 4) is 11.1 Å². The fourth-order valence-electron chi connectivity index (χ4n) is 4.92. The van der Waals surface area contributed by atoms with Gasteiger partial charge in [-0.1, -0.05) is 31.5 Å². The third kappa shape index (κ3) is 3.86. The molecular formula is C24H27ClN6O. The maximum Gasteiger partial charge on any atom is 0.252 e. The molecular weight excluding hydrogens is 424 g/mol. The summed E-state index contributed by atoms with van der Waals surface area (Å²) in [7, 11) is 1.95. The molecule has 1 atom stereocenters. The second-order valence-electron chi connectivity index (χ2n) is 9.59. The monoisotopic (exact) mass is 450 g/mol. The van der Waals surface area contributed by atoms with E-state index in [0.717, 1.165) is 48.2 Å². The molecule has 1 aliphatic heterocycles. The molecule has 0 fully saturated rings. The number of amides is 1. The minimum absolute atomic E-state index is 0.112. The van der Waals surface area contributed by atoms with Gasteiger partial charge < -0.3 is 5.32 Å². The number of hydrogen-bond acceptors (Lipinski definition) is 4. The summed E-state index contributed by atoms with van der Waals surface area (Å²) in [5.74, 6) is 0.675. The van der Waals surface area contributed by atoms with Gasteiger partial charge in [0.25, 0.3) is 5.91 Å². The molecule has 0 spiro atoms. The SMILES string of the molecule is Cn1nccc1[C@H]1CCC=C(C(=O)Nc2cc(-c3cnn4c3CC(C)(C)C4)c(Cl)cn2)C1. The van der Waals surface area contributed by atoms with Gasteiger partial charge in [-0.05, 0) is 43.2 Å². The van der Waals surface area contributed by atoms with Crippen molar-refractivity contribution in [2.75, 3.05) is 5.32 Å². The van der Waals surface area contributed by atoms with Crippen LogP contribution in [0.25, 0.3) is 11.1 Å². The highest BCUT2D eigenvalue weighted by atomic mass is 35.5. The Morgan fingerprint density at radius 1 is 1.25 bits per heavy atom. The molecule has 0 saturated heterocycles. The predicted molar refractivity (Wildman–Crippen MR) is 124 cm³/mol. The third-order valence-electron chi connectivity index (χ3n) is 6.50. The van der Waals surface area contributed by atoms with Crippen molar-refractivity contribution < 1.29 is 4.79 Å². The molecule has 5 rings (SSSR count). The molecule has 8 heteroatoms. The summed E-state index contributed by atoms with van der Waals surface area (Å²) >= 11 is 6.50. The minimum atomic E-state index is -0.112. The van der Waals surface area contributed by atoms with E-state index in [1.54, 1.807) is 12.4 Å². The summed E-state index contributed by atoms with van der Waals surface area (Å²) in [5.41, 5.74) is 5.15. The average molecular weight is 451 g/mol. The van der Waals surface area contributed by atoms with Crippen molar-refractivity contribution in [2.24, 2.45) is 12.5 Å². The molecule has 1 amide bonds. The Hall–Kier alpha value is -2.93. The van der Waals surface area contributed by atoms with E-state index in [4.69, 9.17) is 11.6 Å². The number of aryl methyl sites for hydroxylation is 1. The van der Waals surface area contributed by atoms with Gasteiger partial charge in [0.15, 0.2) is 0 Å². The Balaban J connectivity index is 1.35. The third-order valence-corrected chi connectivity index (χ3v) is 6.80. The molecule has 1 aliphatic carbocycles. The van der Waals surface area contributed by atoms with Crippen LogP contribution in [0.15, 0.2) is 42.4 Å². The summed E-state index contributed by atoms with van der Waals surface area (Å²) in [5, 5.41) is 12.4. The molecule has 166 valence electrons. The van der Waals surface area contributed by atoms with E-state index in [-0.39, 0.29) is 11.3 Å². The largest absolute Gasteiger partial charge is 0.307 e. The molecule has 0 bridgehead atoms. The highest BCUT2D eigenvalue weighted by Crippen LogP contribution is 2.39. The maximum atomic E-state index is 13.0. The van der Waals surface area contributed by atoms with Crippen molar-refractivity contribution in [2.45, 2.75) is 52.0 Å². The topological polar surface area (TPSA) is 77.6 Å². The summed E-state index contributed by atoms with van der Waals surface area (Å²) < 4.78 is 3.94. The Labute approximate surface area is 192 Å². The van der Waals surface area contributed by atoms with Crippen LogP contribution in [-0.2, 0) is 24.8 Å². The first-order valence-corrected chi connectivity index (χ1v) is 11.4. The van der Waals surface area contributed by atoms with Crippen LogP contribution >= 0.6 is 11.6 Å². The van der Waals surface area contributed by atoms with E-state index in [2.05, 4.69) is 39.0 Å². The van der Waals surface area contributed by atoms with E-state index in [1.165, 1.54) is 5.69 Å². The normalized spacial score (nSPS) is 19.5. The highest BCUT2D eigenvalue weighted by Gasteiger charge is 2.32. The fourth-order valence-corrected chi connectivity index (χ4v) is 5.12. The number of carbonyl (C=O) groups is 1. The molecule has 32 heavy (non-hydrogen) atoms. The van der Waals surface area contributed by atoms with Crippen LogP contribution in [0.1, 0.15) is 50.4 Å². The van der Waals surface area contributed by atoms with E-state index in [9.17, 15) is 4.79 Å². The summed E-state index contributed by atoms with van der Waals surface area (Å²) in [6, 6.07) is 3.88. The zero-order chi connectivity index (χ0) is 22.5. The standard InChI is InChI=1S/C24H27ClN6O/c1-24(2)11-21-18(12-28-31(21)14-24)17-10-22(26-13-19(17)25)29-23(32)16-6-4-5-15(9-16)20-7-8-27-30(20)3/h6-8,10,12-13,15H,4-5,9,11,14H2,1-3H3,(H,26,29,32)/t15-/m0/s1. The minimum Gasteiger partial charge on any atom is -0.307 e. The number of rotatable bonds is 4. The first-order valence-electron chi connectivity index (χ1n) is 11.0. The van der Waals surface area contributed by atoms with Crippen molar-refractivity contribution in [1.29, 1.82) is 0 Å². The number of hydrogen-bond donors (Lipinski definition) is 1. The van der Waals surface area contributed by atoms with Crippen LogP contribution in [-0.4, -0.2) is 30.5 Å². The van der Waals surface area contributed by atoms with Crippen LogP contribution in [0.5, 0.6) is 0 Å². The Kier molecular flexibility index (Phi) is 5.16. The van der Waals surface area contributed by atoms with Crippen molar-refractivity contribution in [3.63, 3.8) is 0 Å². The zero-order valence-corrected chi connectivity index (χ0v) is 19.4. The molecule has 7 nitrogen and oxygen atoms in total. The van der Waals surface area contributed by atoms with Crippen molar-refractivity contribution >= 4 is 23.3 Å². The van der Waals surface area contributed by atoms with Gasteiger partial charge in [-0.3, -0.25) is 14.2 Å². The second-order valence-corrected chi connectivity index (χ2v) is 10.0. The highest BCUT2D eigenvalue weighted by molar-refractivity contribution is 6.33. The van der Waals surface area contributed by atoms with Gasteiger partial charge in [0.2, 0.25) is 0 Å². The molecule has 4 heterocycles. The Bertz CT molecular complexity index is 1220.